The van der Waals surface area contributed by atoms with E-state index in [0.717, 1.165) is 10.0 Å². The van der Waals surface area contributed by atoms with Crippen LogP contribution in [0.5, 0.6) is 0 Å². The fourth-order valence-corrected chi connectivity index (χ4v) is 4.10. The third-order valence-corrected chi connectivity index (χ3v) is 5.93. The van der Waals surface area contributed by atoms with Gasteiger partial charge in [0.15, 0.2) is 0 Å². The lowest BCUT2D eigenvalue weighted by Gasteiger charge is -2.13. The van der Waals surface area contributed by atoms with Gasteiger partial charge in [-0.2, -0.15) is 0 Å². The summed E-state index contributed by atoms with van der Waals surface area (Å²) in [4.78, 5) is 38.2. The highest BCUT2D eigenvalue weighted by Gasteiger charge is 2.21. The molecule has 7 nitrogen and oxygen atoms in total. The normalized spacial score (nSPS) is 10.7. The van der Waals surface area contributed by atoms with Crippen LogP contribution in [0.2, 0.25) is 10.0 Å². The number of nitrogens with zero attached hydrogens (tertiary/aromatic N) is 1. The summed E-state index contributed by atoms with van der Waals surface area (Å²) in [7, 11) is 0. The van der Waals surface area contributed by atoms with Gasteiger partial charge in [-0.05, 0) is 48.0 Å². The van der Waals surface area contributed by atoms with Crippen molar-refractivity contribution in [3.8, 4) is 0 Å². The molecule has 4 aromatic rings. The second kappa shape index (κ2) is 10.3. The molecule has 0 aliphatic heterocycles. The molecule has 0 radical (unpaired) electrons. The first-order valence-electron chi connectivity index (χ1n) is 10.0. The van der Waals surface area contributed by atoms with E-state index in [9.17, 15) is 14.4 Å². The Morgan fingerprint density at radius 2 is 1.65 bits per heavy atom. The smallest absolute Gasteiger partial charge is 0.328 e. The molecule has 3 N–H and O–H groups in total. The maximum atomic E-state index is 13.1. The van der Waals surface area contributed by atoms with E-state index in [0.29, 0.717) is 21.6 Å². The van der Waals surface area contributed by atoms with Gasteiger partial charge >= 0.3 is 11.8 Å². The Bertz CT molecular complexity index is 1410. The molecule has 1 heterocycles. The Labute approximate surface area is 213 Å². The quantitative estimate of drug-likeness (QED) is 0.288. The summed E-state index contributed by atoms with van der Waals surface area (Å²) in [6.45, 7) is 0.189. The number of anilines is 1. The zero-order valence-corrected chi connectivity index (χ0v) is 20.5. The number of amides is 3. The Kier molecular flexibility index (Phi) is 7.21. The highest BCUT2D eigenvalue weighted by molar-refractivity contribution is 9.10. The number of carbonyl (C=O) groups excluding carboxylic acids is 3. The average molecular weight is 560 g/mol. The molecule has 3 amide bonds. The summed E-state index contributed by atoms with van der Waals surface area (Å²) in [6.07, 6.45) is 0. The van der Waals surface area contributed by atoms with Crippen LogP contribution in [0, 0.1) is 0 Å². The number of halogens is 3. The second-order valence-corrected chi connectivity index (χ2v) is 9.01. The van der Waals surface area contributed by atoms with E-state index in [1.165, 1.54) is 10.7 Å². The summed E-state index contributed by atoms with van der Waals surface area (Å²) < 4.78 is 2.06. The van der Waals surface area contributed by atoms with Gasteiger partial charge in [0.1, 0.15) is 5.69 Å². The number of hydrogen-bond donors (Lipinski definition) is 3. The first-order valence-corrected chi connectivity index (χ1v) is 11.6. The molecule has 172 valence electrons. The molecular weight excluding hydrogens is 543 g/mol. The van der Waals surface area contributed by atoms with Crippen molar-refractivity contribution in [2.45, 2.75) is 6.54 Å². The Hall–Kier alpha value is -3.33. The minimum Gasteiger partial charge on any atom is -0.344 e. The lowest BCUT2D eigenvalue weighted by atomic mass is 10.2. The number of benzene rings is 3. The monoisotopic (exact) mass is 558 g/mol. The molecule has 34 heavy (non-hydrogen) atoms. The SMILES string of the molecule is O=C(NCc1ccccc1)C(=O)Nn1c(C(=O)Nc2ccc(Cl)cc2Cl)cc2cc(Br)ccc21. The molecule has 0 bridgehead atoms. The highest BCUT2D eigenvalue weighted by Crippen LogP contribution is 2.27. The first-order chi connectivity index (χ1) is 16.3. The van der Waals surface area contributed by atoms with Crippen LogP contribution in [0.4, 0.5) is 5.69 Å². The fraction of sp³-hybridized carbons (Fsp3) is 0.0417. The molecule has 0 unspecified atom stereocenters. The van der Waals surface area contributed by atoms with Crippen molar-refractivity contribution < 1.29 is 14.4 Å². The number of fused-ring (bicyclic) bond motifs is 1. The van der Waals surface area contributed by atoms with Gasteiger partial charge in [-0.15, -0.1) is 0 Å². The standard InChI is InChI=1S/C24H17BrCl2N4O3/c25-16-6-9-20-15(10-16)11-21(22(32)29-19-8-7-17(26)12-18(19)27)31(20)30-24(34)23(33)28-13-14-4-2-1-3-5-14/h1-12H,13H2,(H,28,33)(H,29,32)(H,30,34). The van der Waals surface area contributed by atoms with Gasteiger partial charge in [0.2, 0.25) is 0 Å². The van der Waals surface area contributed by atoms with Crippen LogP contribution in [0.15, 0.2) is 77.3 Å². The van der Waals surface area contributed by atoms with Crippen molar-refractivity contribution in [2.75, 3.05) is 10.7 Å². The van der Waals surface area contributed by atoms with Crippen molar-refractivity contribution >= 4 is 73.4 Å². The van der Waals surface area contributed by atoms with Gasteiger partial charge in [-0.25, -0.2) is 4.68 Å². The molecule has 1 aromatic heterocycles. The zero-order valence-electron chi connectivity index (χ0n) is 17.4. The molecular formula is C24H17BrCl2N4O3. The van der Waals surface area contributed by atoms with Gasteiger partial charge in [-0.1, -0.05) is 69.5 Å². The third kappa shape index (κ3) is 5.41. The Morgan fingerprint density at radius 1 is 0.882 bits per heavy atom. The molecule has 0 aliphatic carbocycles. The first kappa shape index (κ1) is 23.8. The van der Waals surface area contributed by atoms with Gasteiger partial charge in [0.05, 0.1) is 16.2 Å². The number of aromatic nitrogens is 1. The number of hydrogen-bond acceptors (Lipinski definition) is 3. The van der Waals surface area contributed by atoms with E-state index in [1.54, 1.807) is 36.4 Å². The van der Waals surface area contributed by atoms with Crippen molar-refractivity contribution in [1.82, 2.24) is 9.99 Å². The summed E-state index contributed by atoms with van der Waals surface area (Å²) in [5.74, 6) is -2.30. The van der Waals surface area contributed by atoms with Gasteiger partial charge < -0.3 is 10.6 Å². The topological polar surface area (TPSA) is 92.2 Å². The van der Waals surface area contributed by atoms with E-state index >= 15 is 0 Å². The predicted molar refractivity (Wildman–Crippen MR) is 137 cm³/mol. The average Bonchev–Trinajstić information content (AvgIpc) is 3.17. The number of carbonyl (C=O) groups is 3. The zero-order chi connectivity index (χ0) is 24.2. The van der Waals surface area contributed by atoms with Crippen LogP contribution < -0.4 is 16.1 Å². The molecule has 0 saturated heterocycles. The molecule has 4 rings (SSSR count). The van der Waals surface area contributed by atoms with Gasteiger partial charge in [-0.3, -0.25) is 19.8 Å². The van der Waals surface area contributed by atoms with Crippen LogP contribution in [-0.4, -0.2) is 22.4 Å². The maximum absolute atomic E-state index is 13.1. The third-order valence-electron chi connectivity index (χ3n) is 4.89. The van der Waals surface area contributed by atoms with E-state index in [-0.39, 0.29) is 17.3 Å². The summed E-state index contributed by atoms with van der Waals surface area (Å²) in [6, 6.07) is 20.7. The number of rotatable bonds is 5. The summed E-state index contributed by atoms with van der Waals surface area (Å²) in [5, 5.41) is 6.63. The lowest BCUT2D eigenvalue weighted by molar-refractivity contribution is -0.136. The van der Waals surface area contributed by atoms with Crippen LogP contribution >= 0.6 is 39.1 Å². The van der Waals surface area contributed by atoms with Crippen molar-refractivity contribution in [3.05, 3.63) is 98.6 Å². The van der Waals surface area contributed by atoms with E-state index < -0.39 is 17.7 Å². The van der Waals surface area contributed by atoms with Gasteiger partial charge in [0.25, 0.3) is 5.91 Å². The predicted octanol–water partition coefficient (Wildman–Crippen LogP) is 5.35. The number of nitrogens with one attached hydrogen (secondary N) is 3. The van der Waals surface area contributed by atoms with Gasteiger partial charge in [0, 0.05) is 21.4 Å². The van der Waals surface area contributed by atoms with Crippen LogP contribution in [-0.2, 0) is 16.1 Å². The van der Waals surface area contributed by atoms with Crippen LogP contribution in [0.1, 0.15) is 16.1 Å². The largest absolute Gasteiger partial charge is 0.344 e. The molecule has 0 spiro atoms. The van der Waals surface area contributed by atoms with Crippen molar-refractivity contribution in [2.24, 2.45) is 0 Å². The molecule has 10 heteroatoms. The second-order valence-electron chi connectivity index (χ2n) is 7.26. The molecule has 0 fully saturated rings. The molecule has 3 aromatic carbocycles. The van der Waals surface area contributed by atoms with Crippen LogP contribution in [0.3, 0.4) is 0 Å². The minimum atomic E-state index is -0.921. The van der Waals surface area contributed by atoms with Crippen LogP contribution in [0.25, 0.3) is 10.9 Å². The van der Waals surface area contributed by atoms with E-state index in [2.05, 4.69) is 32.0 Å². The van der Waals surface area contributed by atoms with E-state index in [4.69, 9.17) is 23.2 Å². The summed E-state index contributed by atoms with van der Waals surface area (Å²) >= 11 is 15.5. The Balaban J connectivity index is 1.59. The minimum absolute atomic E-state index is 0.100. The molecule has 0 saturated carbocycles. The lowest BCUT2D eigenvalue weighted by Crippen LogP contribution is -2.39. The Morgan fingerprint density at radius 3 is 2.38 bits per heavy atom. The highest BCUT2D eigenvalue weighted by atomic mass is 79.9. The fourth-order valence-electron chi connectivity index (χ4n) is 3.26. The van der Waals surface area contributed by atoms with E-state index in [1.807, 2.05) is 30.3 Å². The van der Waals surface area contributed by atoms with Crippen molar-refractivity contribution in [1.29, 1.82) is 0 Å². The van der Waals surface area contributed by atoms with Crippen molar-refractivity contribution in [3.63, 3.8) is 0 Å². The molecule has 0 aliphatic rings. The maximum Gasteiger partial charge on any atom is 0.328 e. The molecule has 0 atom stereocenters. The summed E-state index contributed by atoms with van der Waals surface area (Å²) in [5.41, 5.74) is 4.34.